The van der Waals surface area contributed by atoms with Crippen LogP contribution < -0.4 is 4.90 Å². The highest BCUT2D eigenvalue weighted by Crippen LogP contribution is 2.25. The third-order valence-electron chi connectivity index (χ3n) is 3.76. The molecule has 1 fully saturated rings. The number of hydrogen-bond acceptors (Lipinski definition) is 3. The molecule has 2 rings (SSSR count). The molecule has 1 unspecified atom stereocenters. The van der Waals surface area contributed by atoms with E-state index >= 15 is 0 Å². The lowest BCUT2D eigenvalue weighted by atomic mass is 10.1. The molecular formula is C14H19FN2O2. The van der Waals surface area contributed by atoms with Crippen LogP contribution in [0.15, 0.2) is 18.2 Å². The molecule has 0 aromatic heterocycles. The fourth-order valence-electron chi connectivity index (χ4n) is 2.69. The highest BCUT2D eigenvalue weighted by molar-refractivity contribution is 5.94. The third kappa shape index (κ3) is 2.87. The van der Waals surface area contributed by atoms with Crippen molar-refractivity contribution in [1.82, 2.24) is 4.90 Å². The van der Waals surface area contributed by atoms with Gasteiger partial charge in [-0.15, -0.1) is 0 Å². The average Bonchev–Trinajstić information content (AvgIpc) is 2.74. The molecule has 1 aliphatic heterocycles. The van der Waals surface area contributed by atoms with Gasteiger partial charge in [0.15, 0.2) is 0 Å². The Bertz CT molecular complexity index is 479. The molecule has 4 nitrogen and oxygen atoms in total. The molecule has 1 aliphatic rings. The first-order valence-electron chi connectivity index (χ1n) is 6.44. The zero-order valence-electron chi connectivity index (χ0n) is 11.3. The van der Waals surface area contributed by atoms with E-state index in [1.807, 2.05) is 7.05 Å². The molecule has 1 N–H and O–H groups in total. The number of likely N-dealkylation sites (N-methyl/N-ethyl adjacent to an activating group) is 2. The maximum absolute atomic E-state index is 13.9. The Balaban J connectivity index is 2.23. The quantitative estimate of drug-likeness (QED) is 0.906. The van der Waals surface area contributed by atoms with Crippen molar-refractivity contribution in [2.24, 2.45) is 0 Å². The van der Waals surface area contributed by atoms with Gasteiger partial charge in [0.2, 0.25) is 0 Å². The predicted molar refractivity (Wildman–Crippen MR) is 72.3 cm³/mol. The Morgan fingerprint density at radius 3 is 2.89 bits per heavy atom. The Morgan fingerprint density at radius 2 is 2.32 bits per heavy atom. The summed E-state index contributed by atoms with van der Waals surface area (Å²) < 4.78 is 13.9. The molecule has 1 saturated heterocycles. The summed E-state index contributed by atoms with van der Waals surface area (Å²) in [4.78, 5) is 15.1. The molecule has 0 aliphatic carbocycles. The molecular weight excluding hydrogens is 247 g/mol. The van der Waals surface area contributed by atoms with Gasteiger partial charge in [0.05, 0.1) is 11.3 Å². The second kappa shape index (κ2) is 5.57. The van der Waals surface area contributed by atoms with E-state index in [1.165, 1.54) is 18.2 Å². The van der Waals surface area contributed by atoms with Crippen LogP contribution in [0.2, 0.25) is 0 Å². The highest BCUT2D eigenvalue weighted by Gasteiger charge is 2.25. The van der Waals surface area contributed by atoms with Gasteiger partial charge in [-0.2, -0.15) is 0 Å². The first-order valence-corrected chi connectivity index (χ1v) is 6.44. The number of likely N-dealkylation sites (tertiary alicyclic amines) is 1. The predicted octanol–water partition coefficient (Wildman–Crippen LogP) is 2.05. The normalized spacial score (nSPS) is 19.6. The second-order valence-electron chi connectivity index (χ2n) is 5.10. The Morgan fingerprint density at radius 1 is 1.58 bits per heavy atom. The van der Waals surface area contributed by atoms with Crippen LogP contribution in [0.4, 0.5) is 10.1 Å². The summed E-state index contributed by atoms with van der Waals surface area (Å²) in [5, 5.41) is 9.15. The van der Waals surface area contributed by atoms with Crippen molar-refractivity contribution in [3.8, 4) is 0 Å². The van der Waals surface area contributed by atoms with Gasteiger partial charge in [0.1, 0.15) is 5.82 Å². The molecule has 1 atom stereocenters. The number of carboxylic acids is 1. The van der Waals surface area contributed by atoms with Crippen LogP contribution in [0, 0.1) is 5.82 Å². The SMILES string of the molecule is CN(CC1CCCN1C)c1c(F)cccc1C(=O)O. The van der Waals surface area contributed by atoms with E-state index in [-0.39, 0.29) is 11.3 Å². The number of anilines is 1. The van der Waals surface area contributed by atoms with Crippen LogP contribution in [0.5, 0.6) is 0 Å². The van der Waals surface area contributed by atoms with E-state index < -0.39 is 11.8 Å². The van der Waals surface area contributed by atoms with Crippen molar-refractivity contribution < 1.29 is 14.3 Å². The largest absolute Gasteiger partial charge is 0.478 e. The van der Waals surface area contributed by atoms with E-state index in [9.17, 15) is 9.18 Å². The summed E-state index contributed by atoms with van der Waals surface area (Å²) in [5.41, 5.74) is 0.193. The maximum atomic E-state index is 13.9. The first-order chi connectivity index (χ1) is 9.00. The summed E-state index contributed by atoms with van der Waals surface area (Å²) in [6.45, 7) is 1.68. The van der Waals surface area contributed by atoms with E-state index in [4.69, 9.17) is 5.11 Å². The molecule has 19 heavy (non-hydrogen) atoms. The zero-order valence-corrected chi connectivity index (χ0v) is 11.3. The first kappa shape index (κ1) is 13.8. The molecule has 1 heterocycles. The monoisotopic (exact) mass is 266 g/mol. The van der Waals surface area contributed by atoms with Gasteiger partial charge in [0, 0.05) is 19.6 Å². The van der Waals surface area contributed by atoms with Crippen LogP contribution in [0.3, 0.4) is 0 Å². The number of halogens is 1. The summed E-state index contributed by atoms with van der Waals surface area (Å²) in [6.07, 6.45) is 2.20. The molecule has 104 valence electrons. The molecule has 1 aromatic carbocycles. The fourth-order valence-corrected chi connectivity index (χ4v) is 2.69. The van der Waals surface area contributed by atoms with Crippen molar-refractivity contribution in [3.63, 3.8) is 0 Å². The van der Waals surface area contributed by atoms with E-state index in [0.29, 0.717) is 12.6 Å². The molecule has 0 saturated carbocycles. The van der Waals surface area contributed by atoms with Crippen LogP contribution >= 0.6 is 0 Å². The van der Waals surface area contributed by atoms with Gasteiger partial charge in [-0.1, -0.05) is 6.07 Å². The van der Waals surface area contributed by atoms with Gasteiger partial charge in [0.25, 0.3) is 0 Å². The van der Waals surface area contributed by atoms with Crippen molar-refractivity contribution in [1.29, 1.82) is 0 Å². The molecule has 0 spiro atoms. The third-order valence-corrected chi connectivity index (χ3v) is 3.76. The van der Waals surface area contributed by atoms with Crippen molar-refractivity contribution in [2.75, 3.05) is 32.1 Å². The topological polar surface area (TPSA) is 43.8 Å². The van der Waals surface area contributed by atoms with Crippen LogP contribution in [0.1, 0.15) is 23.2 Å². The molecule has 0 amide bonds. The Kier molecular flexibility index (Phi) is 4.04. The Labute approximate surface area is 112 Å². The van der Waals surface area contributed by atoms with E-state index in [1.54, 1.807) is 11.9 Å². The number of hydrogen-bond donors (Lipinski definition) is 1. The van der Waals surface area contributed by atoms with Crippen molar-refractivity contribution in [3.05, 3.63) is 29.6 Å². The number of para-hydroxylation sites is 1. The minimum absolute atomic E-state index is 0.0168. The van der Waals surface area contributed by atoms with Gasteiger partial charge >= 0.3 is 5.97 Å². The standard InChI is InChI=1S/C14H19FN2O2/c1-16-8-4-5-10(16)9-17(2)13-11(14(18)19)6-3-7-12(13)15/h3,6-7,10H,4-5,8-9H2,1-2H3,(H,18,19). The molecule has 0 bridgehead atoms. The van der Waals surface area contributed by atoms with Crippen LogP contribution in [-0.4, -0.2) is 49.2 Å². The number of carbonyl (C=O) groups is 1. The summed E-state index contributed by atoms with van der Waals surface area (Å²) in [5.74, 6) is -1.58. The smallest absolute Gasteiger partial charge is 0.337 e. The van der Waals surface area contributed by atoms with E-state index in [2.05, 4.69) is 4.90 Å². The molecule has 1 aromatic rings. The zero-order chi connectivity index (χ0) is 14.0. The lowest BCUT2D eigenvalue weighted by Crippen LogP contribution is -2.37. The lowest BCUT2D eigenvalue weighted by Gasteiger charge is -2.28. The number of nitrogens with zero attached hydrogens (tertiary/aromatic N) is 2. The van der Waals surface area contributed by atoms with Crippen molar-refractivity contribution >= 4 is 11.7 Å². The molecule has 5 heteroatoms. The van der Waals surface area contributed by atoms with Gasteiger partial charge in [-0.3, -0.25) is 0 Å². The average molecular weight is 266 g/mol. The van der Waals surface area contributed by atoms with Gasteiger partial charge < -0.3 is 14.9 Å². The van der Waals surface area contributed by atoms with Gasteiger partial charge in [-0.25, -0.2) is 9.18 Å². The summed E-state index contributed by atoms with van der Waals surface area (Å²) in [7, 11) is 3.79. The minimum atomic E-state index is -1.10. The van der Waals surface area contributed by atoms with E-state index in [0.717, 1.165) is 19.4 Å². The number of carboxylic acid groups (broad SMARTS) is 1. The number of rotatable bonds is 4. The van der Waals surface area contributed by atoms with Crippen LogP contribution in [0.25, 0.3) is 0 Å². The highest BCUT2D eigenvalue weighted by atomic mass is 19.1. The lowest BCUT2D eigenvalue weighted by molar-refractivity contribution is 0.0697. The fraction of sp³-hybridized carbons (Fsp3) is 0.500. The second-order valence-corrected chi connectivity index (χ2v) is 5.10. The van der Waals surface area contributed by atoms with Crippen molar-refractivity contribution in [2.45, 2.75) is 18.9 Å². The van der Waals surface area contributed by atoms with Crippen LogP contribution in [-0.2, 0) is 0 Å². The Hall–Kier alpha value is -1.62. The maximum Gasteiger partial charge on any atom is 0.337 e. The summed E-state index contributed by atoms with van der Waals surface area (Å²) in [6, 6.07) is 4.52. The molecule has 0 radical (unpaired) electrons. The minimum Gasteiger partial charge on any atom is -0.478 e. The number of aromatic carboxylic acids is 1. The van der Waals surface area contributed by atoms with Gasteiger partial charge in [-0.05, 0) is 38.6 Å². The summed E-state index contributed by atoms with van der Waals surface area (Å²) >= 11 is 0. The number of benzene rings is 1.